The fourth-order valence-corrected chi connectivity index (χ4v) is 4.54. The number of fused-ring (bicyclic) bond motifs is 3. The average Bonchev–Trinajstić information content (AvgIpc) is 3.46. The summed E-state index contributed by atoms with van der Waals surface area (Å²) in [5.74, 6) is -0.792. The van der Waals surface area contributed by atoms with Crippen molar-refractivity contribution in [2.75, 3.05) is 31.2 Å². The molecule has 1 aliphatic rings. The van der Waals surface area contributed by atoms with Crippen LogP contribution in [0.4, 0.5) is 5.13 Å². The van der Waals surface area contributed by atoms with Crippen LogP contribution >= 0.6 is 11.3 Å². The summed E-state index contributed by atoms with van der Waals surface area (Å²) in [6.07, 6.45) is 1.67. The van der Waals surface area contributed by atoms with Crippen LogP contribution in [0.25, 0.3) is 21.7 Å². The summed E-state index contributed by atoms with van der Waals surface area (Å²) in [4.78, 5) is 31.3. The monoisotopic (exact) mass is 436 g/mol. The van der Waals surface area contributed by atoms with Crippen molar-refractivity contribution in [2.24, 2.45) is 0 Å². The summed E-state index contributed by atoms with van der Waals surface area (Å²) in [6, 6.07) is 11.8. The maximum atomic E-state index is 12.5. The van der Waals surface area contributed by atoms with Gasteiger partial charge in [-0.15, -0.1) is 11.3 Å². The fraction of sp³-hybridized carbons (Fsp3) is 0.227. The van der Waals surface area contributed by atoms with Gasteiger partial charge in [0.15, 0.2) is 5.13 Å². The van der Waals surface area contributed by atoms with Crippen LogP contribution in [-0.2, 0) is 16.0 Å². The summed E-state index contributed by atoms with van der Waals surface area (Å²) < 4.78 is 11.0. The Morgan fingerprint density at radius 2 is 1.94 bits per heavy atom. The number of hydrogen-bond donors (Lipinski definition) is 2. The minimum atomic E-state index is -0.452. The molecule has 1 saturated heterocycles. The first-order valence-electron chi connectivity index (χ1n) is 9.94. The maximum absolute atomic E-state index is 12.5. The van der Waals surface area contributed by atoms with Crippen LogP contribution in [0.15, 0.2) is 52.5 Å². The van der Waals surface area contributed by atoms with Gasteiger partial charge in [-0.25, -0.2) is 4.98 Å². The Labute approximate surface area is 181 Å². The molecule has 0 atom stereocenters. The SMILES string of the molecule is O=C(Cc1coc2ccc3ccccc3c12)NNC(=O)c1csc(N2CCOCC2)n1. The number of ether oxygens (including phenoxy) is 1. The number of benzene rings is 2. The predicted molar refractivity (Wildman–Crippen MR) is 118 cm³/mol. The highest BCUT2D eigenvalue weighted by Gasteiger charge is 2.18. The van der Waals surface area contributed by atoms with Gasteiger partial charge in [0.25, 0.3) is 5.91 Å². The Morgan fingerprint density at radius 1 is 1.10 bits per heavy atom. The molecule has 0 radical (unpaired) electrons. The van der Waals surface area contributed by atoms with Gasteiger partial charge in [0.2, 0.25) is 5.91 Å². The van der Waals surface area contributed by atoms with E-state index in [4.69, 9.17) is 9.15 Å². The lowest BCUT2D eigenvalue weighted by Crippen LogP contribution is -2.42. The molecule has 3 heterocycles. The van der Waals surface area contributed by atoms with Gasteiger partial charge in [-0.1, -0.05) is 30.3 Å². The van der Waals surface area contributed by atoms with Gasteiger partial charge in [-0.05, 0) is 16.8 Å². The summed E-state index contributed by atoms with van der Waals surface area (Å²) in [5.41, 5.74) is 6.68. The molecule has 2 amide bonds. The molecule has 31 heavy (non-hydrogen) atoms. The van der Waals surface area contributed by atoms with Crippen molar-refractivity contribution in [3.8, 4) is 0 Å². The first-order chi connectivity index (χ1) is 15.2. The van der Waals surface area contributed by atoms with Gasteiger partial charge in [0, 0.05) is 29.4 Å². The Morgan fingerprint density at radius 3 is 2.81 bits per heavy atom. The number of carbonyl (C=O) groups is 2. The van der Waals surface area contributed by atoms with Gasteiger partial charge in [-0.2, -0.15) is 0 Å². The van der Waals surface area contributed by atoms with Crippen LogP contribution in [0.5, 0.6) is 0 Å². The first kappa shape index (κ1) is 19.5. The van der Waals surface area contributed by atoms with E-state index in [1.807, 2.05) is 36.4 Å². The second kappa shape index (κ2) is 8.37. The number of carbonyl (C=O) groups excluding carboxylic acids is 2. The van der Waals surface area contributed by atoms with Gasteiger partial charge < -0.3 is 14.1 Å². The molecule has 1 aliphatic heterocycles. The molecule has 0 spiro atoms. The number of furan rings is 1. The van der Waals surface area contributed by atoms with E-state index in [2.05, 4.69) is 20.7 Å². The van der Waals surface area contributed by atoms with Crippen LogP contribution in [0.3, 0.4) is 0 Å². The van der Waals surface area contributed by atoms with Crippen molar-refractivity contribution in [1.29, 1.82) is 0 Å². The lowest BCUT2D eigenvalue weighted by atomic mass is 10.0. The number of morpholine rings is 1. The second-order valence-electron chi connectivity index (χ2n) is 7.21. The molecule has 2 aromatic heterocycles. The van der Waals surface area contributed by atoms with Crippen molar-refractivity contribution < 1.29 is 18.7 Å². The van der Waals surface area contributed by atoms with Crippen molar-refractivity contribution in [2.45, 2.75) is 6.42 Å². The van der Waals surface area contributed by atoms with E-state index in [-0.39, 0.29) is 18.0 Å². The zero-order valence-corrected chi connectivity index (χ0v) is 17.4. The van der Waals surface area contributed by atoms with E-state index < -0.39 is 5.91 Å². The highest BCUT2D eigenvalue weighted by Crippen LogP contribution is 2.30. The quantitative estimate of drug-likeness (QED) is 0.478. The highest BCUT2D eigenvalue weighted by molar-refractivity contribution is 7.13. The third-order valence-corrected chi connectivity index (χ3v) is 6.11. The summed E-state index contributed by atoms with van der Waals surface area (Å²) >= 11 is 1.40. The molecule has 4 aromatic rings. The molecule has 0 saturated carbocycles. The van der Waals surface area contributed by atoms with E-state index in [0.29, 0.717) is 13.2 Å². The molecule has 0 bridgehead atoms. The number of anilines is 1. The number of aromatic nitrogens is 1. The van der Waals surface area contributed by atoms with E-state index in [1.165, 1.54) is 11.3 Å². The van der Waals surface area contributed by atoms with Gasteiger partial charge >= 0.3 is 0 Å². The lowest BCUT2D eigenvalue weighted by molar-refractivity contribution is -0.121. The number of hydrazine groups is 1. The second-order valence-corrected chi connectivity index (χ2v) is 8.05. The standard InChI is InChI=1S/C22H20N4O4S/c27-19(11-15-12-30-18-6-5-14-3-1-2-4-16(14)20(15)18)24-25-21(28)17-13-31-22(23-17)26-7-9-29-10-8-26/h1-6,12-13H,7-11H2,(H,24,27)(H,25,28). The number of nitrogens with one attached hydrogen (secondary N) is 2. The number of thiazole rings is 1. The Bertz CT molecular complexity index is 1260. The molecule has 5 rings (SSSR count). The molecule has 0 aliphatic carbocycles. The van der Waals surface area contributed by atoms with E-state index in [9.17, 15) is 9.59 Å². The van der Waals surface area contributed by atoms with Gasteiger partial charge in [0.05, 0.1) is 25.9 Å². The molecule has 1 fully saturated rings. The molecule has 158 valence electrons. The number of amides is 2. The minimum Gasteiger partial charge on any atom is -0.464 e. The van der Waals surface area contributed by atoms with E-state index in [1.54, 1.807) is 11.6 Å². The highest BCUT2D eigenvalue weighted by atomic mass is 32.1. The topological polar surface area (TPSA) is 96.7 Å². The zero-order chi connectivity index (χ0) is 21.2. The Hall–Kier alpha value is -3.43. The smallest absolute Gasteiger partial charge is 0.289 e. The van der Waals surface area contributed by atoms with E-state index >= 15 is 0 Å². The Balaban J connectivity index is 1.24. The third kappa shape index (κ3) is 3.97. The Kier molecular flexibility index (Phi) is 5.27. The van der Waals surface area contributed by atoms with E-state index in [0.717, 1.165) is 45.5 Å². The first-order valence-corrected chi connectivity index (χ1v) is 10.8. The molecule has 0 unspecified atom stereocenters. The van der Waals surface area contributed by atoms with Crippen LogP contribution in [-0.4, -0.2) is 43.1 Å². The molecule has 8 nitrogen and oxygen atoms in total. The van der Waals surface area contributed by atoms with Gasteiger partial charge in [-0.3, -0.25) is 20.4 Å². The van der Waals surface area contributed by atoms with Crippen molar-refractivity contribution >= 4 is 50.0 Å². The molecule has 2 N–H and O–H groups in total. The van der Waals surface area contributed by atoms with Crippen molar-refractivity contribution in [1.82, 2.24) is 15.8 Å². The summed E-state index contributed by atoms with van der Waals surface area (Å²) in [6.45, 7) is 2.79. The zero-order valence-electron chi connectivity index (χ0n) is 16.6. The van der Waals surface area contributed by atoms with Crippen LogP contribution in [0.1, 0.15) is 16.1 Å². The minimum absolute atomic E-state index is 0.0807. The normalized spacial score (nSPS) is 14.1. The largest absolute Gasteiger partial charge is 0.464 e. The number of hydrogen-bond acceptors (Lipinski definition) is 7. The molecule has 9 heteroatoms. The average molecular weight is 436 g/mol. The molecule has 2 aromatic carbocycles. The van der Waals surface area contributed by atoms with Crippen LogP contribution < -0.4 is 15.8 Å². The van der Waals surface area contributed by atoms with Crippen LogP contribution in [0, 0.1) is 0 Å². The number of rotatable bonds is 4. The van der Waals surface area contributed by atoms with Crippen molar-refractivity contribution in [3.05, 3.63) is 59.3 Å². The fourth-order valence-electron chi connectivity index (χ4n) is 3.68. The molecular weight excluding hydrogens is 416 g/mol. The van der Waals surface area contributed by atoms with Crippen LogP contribution in [0.2, 0.25) is 0 Å². The summed E-state index contributed by atoms with van der Waals surface area (Å²) in [5, 5.41) is 5.47. The molecular formula is C22H20N4O4S. The van der Waals surface area contributed by atoms with Gasteiger partial charge in [0.1, 0.15) is 11.3 Å². The maximum Gasteiger partial charge on any atom is 0.289 e. The number of nitrogens with zero attached hydrogens (tertiary/aromatic N) is 2. The third-order valence-electron chi connectivity index (χ3n) is 5.21. The lowest BCUT2D eigenvalue weighted by Gasteiger charge is -2.25. The summed E-state index contributed by atoms with van der Waals surface area (Å²) in [7, 11) is 0. The van der Waals surface area contributed by atoms with Crippen molar-refractivity contribution in [3.63, 3.8) is 0 Å². The predicted octanol–water partition coefficient (Wildman–Crippen LogP) is 2.88.